The number of phenols is 2. The first-order chi connectivity index (χ1) is 17.7. The molecule has 0 aliphatic rings. The van der Waals surface area contributed by atoms with Crippen LogP contribution in [0.2, 0.25) is 0 Å². The topological polar surface area (TPSA) is 58.9 Å². The fraction of sp³-hybridized carbons (Fsp3) is 0.273. The average Bonchev–Trinajstić information content (AvgIpc) is 2.85. The average molecular weight is 497 g/mol. The molecule has 0 bridgehead atoms. The van der Waals surface area contributed by atoms with Gasteiger partial charge in [-0.15, -0.1) is 0 Å². The number of hydrogen-bond acceptors (Lipinski definition) is 4. The van der Waals surface area contributed by atoms with Gasteiger partial charge in [0.15, 0.2) is 0 Å². The first-order valence-electron chi connectivity index (χ1n) is 12.6. The number of benzene rings is 4. The molecule has 0 saturated carbocycles. The summed E-state index contributed by atoms with van der Waals surface area (Å²) in [7, 11) is 3.35. The van der Waals surface area contributed by atoms with Crippen molar-refractivity contribution < 1.29 is 19.7 Å². The smallest absolute Gasteiger partial charge is 0.122 e. The van der Waals surface area contributed by atoms with E-state index >= 15 is 0 Å². The summed E-state index contributed by atoms with van der Waals surface area (Å²) in [4.78, 5) is 0. The van der Waals surface area contributed by atoms with Crippen LogP contribution in [0.4, 0.5) is 0 Å². The predicted molar refractivity (Wildman–Crippen MR) is 150 cm³/mol. The highest BCUT2D eigenvalue weighted by Crippen LogP contribution is 2.33. The number of rotatable bonds is 8. The number of hydrogen-bond donors (Lipinski definition) is 2. The molecule has 192 valence electrons. The Balaban J connectivity index is 1.66. The first kappa shape index (κ1) is 26.2. The molecule has 2 N–H and O–H groups in total. The van der Waals surface area contributed by atoms with E-state index in [4.69, 9.17) is 9.47 Å². The first-order valence-corrected chi connectivity index (χ1v) is 12.6. The second-order valence-corrected chi connectivity index (χ2v) is 10.0. The Hall–Kier alpha value is -3.92. The van der Waals surface area contributed by atoms with Crippen LogP contribution in [-0.4, -0.2) is 24.4 Å². The third kappa shape index (κ3) is 5.91. The molecule has 0 aliphatic carbocycles. The van der Waals surface area contributed by atoms with Crippen LogP contribution < -0.4 is 9.47 Å². The zero-order valence-electron chi connectivity index (χ0n) is 22.6. The third-order valence-corrected chi connectivity index (χ3v) is 6.92. The molecule has 0 aromatic heterocycles. The standard InChI is InChI=1S/C33H36O4/c1-20-7-9-30(36-5)26(11-20)18-28-16-24(13-22(3)32(28)34)15-25-14-23(4)33(35)29(17-25)19-27-12-21(2)8-10-31(27)37-6/h7-14,16-17,34-35H,15,18-19H2,1-6H3. The van der Waals surface area contributed by atoms with Crippen LogP contribution in [0, 0.1) is 27.7 Å². The highest BCUT2D eigenvalue weighted by atomic mass is 16.5. The van der Waals surface area contributed by atoms with Crippen molar-refractivity contribution in [1.29, 1.82) is 0 Å². The molecule has 0 saturated heterocycles. The second kappa shape index (κ2) is 11.0. The molecule has 0 fully saturated rings. The zero-order chi connectivity index (χ0) is 26.7. The Morgan fingerprint density at radius 2 is 0.919 bits per heavy atom. The largest absolute Gasteiger partial charge is 0.507 e. The van der Waals surface area contributed by atoms with Crippen molar-refractivity contribution in [2.75, 3.05) is 14.2 Å². The van der Waals surface area contributed by atoms with Crippen LogP contribution in [0.1, 0.15) is 55.6 Å². The maximum absolute atomic E-state index is 10.9. The van der Waals surface area contributed by atoms with E-state index in [1.165, 1.54) is 0 Å². The lowest BCUT2D eigenvalue weighted by Crippen LogP contribution is -2.00. The van der Waals surface area contributed by atoms with Gasteiger partial charge in [0.05, 0.1) is 14.2 Å². The minimum atomic E-state index is 0.321. The van der Waals surface area contributed by atoms with E-state index in [-0.39, 0.29) is 0 Å². The van der Waals surface area contributed by atoms with Crippen molar-refractivity contribution in [1.82, 2.24) is 0 Å². The van der Waals surface area contributed by atoms with Crippen LogP contribution in [0.3, 0.4) is 0 Å². The van der Waals surface area contributed by atoms with E-state index in [2.05, 4.69) is 38.1 Å². The van der Waals surface area contributed by atoms with E-state index < -0.39 is 0 Å². The van der Waals surface area contributed by atoms with Crippen molar-refractivity contribution in [3.63, 3.8) is 0 Å². The van der Waals surface area contributed by atoms with E-state index in [1.807, 2.05) is 50.2 Å². The summed E-state index contributed by atoms with van der Waals surface area (Å²) in [6.45, 7) is 7.99. The van der Waals surface area contributed by atoms with Crippen molar-refractivity contribution in [2.24, 2.45) is 0 Å². The molecular weight excluding hydrogens is 460 g/mol. The molecular formula is C33H36O4. The third-order valence-electron chi connectivity index (χ3n) is 6.92. The number of aryl methyl sites for hydroxylation is 4. The number of phenolic OH excluding ortho intramolecular Hbond substituents is 2. The molecule has 0 aliphatic heterocycles. The van der Waals surface area contributed by atoms with E-state index in [0.29, 0.717) is 30.8 Å². The molecule has 4 nitrogen and oxygen atoms in total. The van der Waals surface area contributed by atoms with Crippen LogP contribution in [-0.2, 0) is 19.3 Å². The van der Waals surface area contributed by atoms with Crippen LogP contribution in [0.25, 0.3) is 0 Å². The van der Waals surface area contributed by atoms with Gasteiger partial charge in [-0.25, -0.2) is 0 Å². The normalized spacial score (nSPS) is 11.0. The maximum atomic E-state index is 10.9. The Kier molecular flexibility index (Phi) is 7.77. The van der Waals surface area contributed by atoms with Gasteiger partial charge in [-0.2, -0.15) is 0 Å². The van der Waals surface area contributed by atoms with Crippen molar-refractivity contribution >= 4 is 0 Å². The van der Waals surface area contributed by atoms with Crippen molar-refractivity contribution in [3.05, 3.63) is 116 Å². The Labute approximate surface area is 220 Å². The maximum Gasteiger partial charge on any atom is 0.122 e. The van der Waals surface area contributed by atoms with Gasteiger partial charge in [0.25, 0.3) is 0 Å². The zero-order valence-corrected chi connectivity index (χ0v) is 22.6. The number of ether oxygens (including phenoxy) is 2. The lowest BCUT2D eigenvalue weighted by molar-refractivity contribution is 0.410. The molecule has 0 radical (unpaired) electrons. The van der Waals surface area contributed by atoms with Gasteiger partial charge in [0, 0.05) is 12.8 Å². The molecule has 37 heavy (non-hydrogen) atoms. The van der Waals surface area contributed by atoms with Crippen LogP contribution in [0.15, 0.2) is 60.7 Å². The molecule has 4 aromatic rings. The van der Waals surface area contributed by atoms with Gasteiger partial charge in [0.2, 0.25) is 0 Å². The summed E-state index contributed by atoms with van der Waals surface area (Å²) in [5.41, 5.74) is 10.1. The lowest BCUT2D eigenvalue weighted by atomic mass is 9.92. The minimum absolute atomic E-state index is 0.321. The summed E-state index contributed by atoms with van der Waals surface area (Å²) in [5, 5.41) is 21.7. The van der Waals surface area contributed by atoms with E-state index in [1.54, 1.807) is 14.2 Å². The highest BCUT2D eigenvalue weighted by Gasteiger charge is 2.15. The lowest BCUT2D eigenvalue weighted by Gasteiger charge is -2.16. The summed E-state index contributed by atoms with van der Waals surface area (Å²) < 4.78 is 11.1. The second-order valence-electron chi connectivity index (χ2n) is 10.0. The summed E-state index contributed by atoms with van der Waals surface area (Å²) in [6, 6.07) is 20.5. The van der Waals surface area contributed by atoms with E-state index in [0.717, 1.165) is 67.1 Å². The highest BCUT2D eigenvalue weighted by molar-refractivity contribution is 5.51. The van der Waals surface area contributed by atoms with Gasteiger partial charge < -0.3 is 19.7 Å². The SMILES string of the molecule is COc1ccc(C)cc1Cc1cc(Cc2cc(C)c(O)c(Cc3cc(C)ccc3OC)c2)cc(C)c1O. The van der Waals surface area contributed by atoms with Crippen molar-refractivity contribution in [3.8, 4) is 23.0 Å². The molecule has 0 heterocycles. The molecule has 0 unspecified atom stereocenters. The summed E-state index contributed by atoms with van der Waals surface area (Å²) in [5.74, 6) is 2.28. The quantitative estimate of drug-likeness (QED) is 0.273. The molecule has 4 heteroatoms. The molecule has 0 atom stereocenters. The Morgan fingerprint density at radius 3 is 1.30 bits per heavy atom. The van der Waals surface area contributed by atoms with Gasteiger partial charge in [-0.3, -0.25) is 0 Å². The van der Waals surface area contributed by atoms with Gasteiger partial charge in [0.1, 0.15) is 23.0 Å². The number of aromatic hydroxyl groups is 2. The Bertz CT molecular complexity index is 1330. The fourth-order valence-corrected chi connectivity index (χ4v) is 5.08. The number of methoxy groups -OCH3 is 2. The van der Waals surface area contributed by atoms with E-state index in [9.17, 15) is 10.2 Å². The summed E-state index contributed by atoms with van der Waals surface area (Å²) in [6.07, 6.45) is 1.86. The van der Waals surface area contributed by atoms with Gasteiger partial charge >= 0.3 is 0 Å². The minimum Gasteiger partial charge on any atom is -0.507 e. The van der Waals surface area contributed by atoms with Crippen LogP contribution in [0.5, 0.6) is 23.0 Å². The fourth-order valence-electron chi connectivity index (χ4n) is 5.08. The van der Waals surface area contributed by atoms with Crippen molar-refractivity contribution in [2.45, 2.75) is 47.0 Å². The molecule has 0 spiro atoms. The monoisotopic (exact) mass is 496 g/mol. The van der Waals surface area contributed by atoms with Gasteiger partial charge in [-0.1, -0.05) is 59.7 Å². The Morgan fingerprint density at radius 1 is 0.514 bits per heavy atom. The molecule has 0 amide bonds. The molecule has 4 rings (SSSR count). The molecule has 4 aromatic carbocycles. The van der Waals surface area contributed by atoms with Gasteiger partial charge in [-0.05, 0) is 90.8 Å². The van der Waals surface area contributed by atoms with Crippen LogP contribution >= 0.6 is 0 Å². The predicted octanol–water partition coefficient (Wildman–Crippen LogP) is 7.12. The summed E-state index contributed by atoms with van der Waals surface area (Å²) >= 11 is 0.